The van der Waals surface area contributed by atoms with E-state index < -0.39 is 5.66 Å². The maximum Gasteiger partial charge on any atom is 0.277 e. The molecular weight excluding hydrogens is 443 g/mol. The van der Waals surface area contributed by atoms with E-state index in [1.807, 2.05) is 19.1 Å². The predicted octanol–water partition coefficient (Wildman–Crippen LogP) is 4.16. The van der Waals surface area contributed by atoms with Crippen molar-refractivity contribution in [1.29, 1.82) is 0 Å². The lowest BCUT2D eigenvalue weighted by Gasteiger charge is -2.46. The number of halogens is 2. The van der Waals surface area contributed by atoms with Gasteiger partial charge < -0.3 is 9.80 Å². The Labute approximate surface area is 187 Å². The molecule has 1 aromatic carbocycles. The molecule has 9 heteroatoms. The number of carbonyl (C=O) groups is 2. The Morgan fingerprint density at radius 3 is 2.63 bits per heavy atom. The van der Waals surface area contributed by atoms with Crippen molar-refractivity contribution < 1.29 is 9.59 Å². The fraction of sp³-hybridized carbons (Fsp3) is 0.238. The van der Waals surface area contributed by atoms with Gasteiger partial charge >= 0.3 is 0 Å². The first-order valence-electron chi connectivity index (χ1n) is 9.39. The van der Waals surface area contributed by atoms with E-state index in [9.17, 15) is 9.59 Å². The molecule has 1 fully saturated rings. The fourth-order valence-electron chi connectivity index (χ4n) is 4.35. The van der Waals surface area contributed by atoms with Crippen LogP contribution in [0.3, 0.4) is 0 Å². The van der Waals surface area contributed by atoms with Gasteiger partial charge in [-0.3, -0.25) is 14.6 Å². The number of hydrogen-bond donors (Lipinski definition) is 0. The molecule has 0 radical (unpaired) electrons. The van der Waals surface area contributed by atoms with Crippen LogP contribution in [0.4, 0.5) is 0 Å². The summed E-state index contributed by atoms with van der Waals surface area (Å²) in [5, 5.41) is 0.937. The van der Waals surface area contributed by atoms with Gasteiger partial charge in [-0.05, 0) is 48.3 Å². The van der Waals surface area contributed by atoms with Gasteiger partial charge in [-0.1, -0.05) is 35.3 Å². The molecule has 1 unspecified atom stereocenters. The molecule has 0 aliphatic carbocycles. The summed E-state index contributed by atoms with van der Waals surface area (Å²) in [7, 11) is 0. The molecule has 0 spiro atoms. The molecule has 152 valence electrons. The summed E-state index contributed by atoms with van der Waals surface area (Å²) in [5.74, 6) is -0.441. The van der Waals surface area contributed by atoms with Crippen molar-refractivity contribution in [3.05, 3.63) is 80.0 Å². The first-order valence-corrected chi connectivity index (χ1v) is 10.9. The molecule has 1 atom stereocenters. The summed E-state index contributed by atoms with van der Waals surface area (Å²) >= 11 is 13.7. The van der Waals surface area contributed by atoms with Gasteiger partial charge in [-0.2, -0.15) is 4.37 Å². The van der Waals surface area contributed by atoms with Crippen LogP contribution in [0.25, 0.3) is 0 Å². The van der Waals surface area contributed by atoms with Gasteiger partial charge in [0.1, 0.15) is 5.66 Å². The number of hydrogen-bond acceptors (Lipinski definition) is 5. The van der Waals surface area contributed by atoms with Crippen molar-refractivity contribution in [1.82, 2.24) is 19.2 Å². The van der Waals surface area contributed by atoms with Crippen molar-refractivity contribution in [3.63, 3.8) is 0 Å². The van der Waals surface area contributed by atoms with Crippen LogP contribution in [0.15, 0.2) is 42.6 Å². The maximum atomic E-state index is 13.6. The Kier molecular flexibility index (Phi) is 4.57. The lowest BCUT2D eigenvalue weighted by atomic mass is 9.86. The number of fused-ring (bicyclic) bond motifs is 2. The average Bonchev–Trinajstić information content (AvgIpc) is 3.30. The molecule has 1 saturated heterocycles. The number of benzene rings is 1. The molecule has 0 saturated carbocycles. The van der Waals surface area contributed by atoms with Crippen LogP contribution >= 0.6 is 34.7 Å². The van der Waals surface area contributed by atoms with Gasteiger partial charge in [0.05, 0.1) is 16.3 Å². The van der Waals surface area contributed by atoms with Gasteiger partial charge in [0.25, 0.3) is 11.8 Å². The first-order chi connectivity index (χ1) is 14.4. The highest BCUT2D eigenvalue weighted by Gasteiger charge is 2.56. The zero-order valence-electron chi connectivity index (χ0n) is 15.9. The molecule has 4 heterocycles. The molecule has 2 aromatic heterocycles. The summed E-state index contributed by atoms with van der Waals surface area (Å²) in [4.78, 5) is 35.7. The number of carbonyl (C=O) groups excluding carboxylic acids is 2. The van der Waals surface area contributed by atoms with Crippen LogP contribution in [-0.4, -0.2) is 44.1 Å². The van der Waals surface area contributed by atoms with E-state index in [4.69, 9.17) is 23.2 Å². The third-order valence-corrected chi connectivity index (χ3v) is 7.34. The number of pyridine rings is 1. The zero-order valence-corrected chi connectivity index (χ0v) is 18.3. The Balaban J connectivity index is 1.71. The summed E-state index contributed by atoms with van der Waals surface area (Å²) < 4.78 is 4.28. The second-order valence-electron chi connectivity index (χ2n) is 7.31. The fourth-order valence-corrected chi connectivity index (χ4v) is 5.33. The SMILES string of the molecule is Cc1snc(C(=O)N2CCN3C(=O)c4cccnc4CC32c2ccc(Cl)cc2)c1Cl. The maximum absolute atomic E-state index is 13.6. The molecule has 0 bridgehead atoms. The third kappa shape index (κ3) is 2.69. The summed E-state index contributed by atoms with van der Waals surface area (Å²) in [6, 6.07) is 10.8. The Hall–Kier alpha value is -2.48. The van der Waals surface area contributed by atoms with Gasteiger partial charge in [-0.25, -0.2) is 0 Å². The first kappa shape index (κ1) is 19.5. The molecule has 2 aliphatic heterocycles. The second-order valence-corrected chi connectivity index (χ2v) is 9.10. The highest BCUT2D eigenvalue weighted by atomic mass is 35.5. The summed E-state index contributed by atoms with van der Waals surface area (Å²) in [6.07, 6.45) is 2.04. The van der Waals surface area contributed by atoms with Crippen molar-refractivity contribution >= 4 is 46.5 Å². The second kappa shape index (κ2) is 7.04. The number of amides is 2. The summed E-state index contributed by atoms with van der Waals surface area (Å²) in [5.41, 5.74) is 1.23. The van der Waals surface area contributed by atoms with E-state index in [-0.39, 0.29) is 17.5 Å². The molecule has 0 N–H and O–H groups in total. The largest absolute Gasteiger partial charge is 0.309 e. The van der Waals surface area contributed by atoms with E-state index in [1.54, 1.807) is 40.3 Å². The normalized spacial score (nSPS) is 20.3. The smallest absolute Gasteiger partial charge is 0.277 e. The number of rotatable bonds is 2. The predicted molar refractivity (Wildman–Crippen MR) is 115 cm³/mol. The topological polar surface area (TPSA) is 66.4 Å². The minimum absolute atomic E-state index is 0.143. The minimum Gasteiger partial charge on any atom is -0.309 e. The van der Waals surface area contributed by atoms with Crippen LogP contribution in [0.5, 0.6) is 0 Å². The van der Waals surface area contributed by atoms with Crippen LogP contribution < -0.4 is 0 Å². The molecule has 2 amide bonds. The van der Waals surface area contributed by atoms with E-state index in [0.29, 0.717) is 40.8 Å². The Morgan fingerprint density at radius 1 is 1.17 bits per heavy atom. The lowest BCUT2D eigenvalue weighted by molar-refractivity contribution is 0.00681. The van der Waals surface area contributed by atoms with E-state index in [1.165, 1.54) is 11.5 Å². The Bertz CT molecular complexity index is 1180. The quantitative estimate of drug-likeness (QED) is 0.577. The van der Waals surface area contributed by atoms with Crippen molar-refractivity contribution in [2.75, 3.05) is 13.1 Å². The van der Waals surface area contributed by atoms with E-state index >= 15 is 0 Å². The third-order valence-electron chi connectivity index (χ3n) is 5.77. The van der Waals surface area contributed by atoms with Gasteiger partial charge in [0, 0.05) is 35.6 Å². The zero-order chi connectivity index (χ0) is 21.0. The minimum atomic E-state index is -1.01. The standard InChI is InChI=1S/C21H16Cl2N4O2S/c1-12-17(23)18(25-30-12)20(29)27-10-9-26-19(28)15-3-2-8-24-16(15)11-21(26,27)13-4-6-14(22)7-5-13/h2-8H,9-11H2,1H3. The van der Waals surface area contributed by atoms with Crippen LogP contribution in [-0.2, 0) is 12.1 Å². The number of nitrogens with zero attached hydrogens (tertiary/aromatic N) is 4. The molecule has 30 heavy (non-hydrogen) atoms. The highest BCUT2D eigenvalue weighted by molar-refractivity contribution is 7.06. The van der Waals surface area contributed by atoms with Gasteiger partial charge in [-0.15, -0.1) is 0 Å². The molecule has 2 aliphatic rings. The lowest BCUT2D eigenvalue weighted by Crippen LogP contribution is -2.58. The van der Waals surface area contributed by atoms with Gasteiger partial charge in [0.15, 0.2) is 5.69 Å². The van der Waals surface area contributed by atoms with Gasteiger partial charge in [0.2, 0.25) is 0 Å². The van der Waals surface area contributed by atoms with Crippen molar-refractivity contribution in [3.8, 4) is 0 Å². The van der Waals surface area contributed by atoms with Crippen LogP contribution in [0.1, 0.15) is 37.0 Å². The molecular formula is C21H16Cl2N4O2S. The molecule has 6 nitrogen and oxygen atoms in total. The number of aryl methyl sites for hydroxylation is 1. The molecule has 3 aromatic rings. The Morgan fingerprint density at radius 2 is 1.93 bits per heavy atom. The number of aromatic nitrogens is 2. The monoisotopic (exact) mass is 458 g/mol. The highest BCUT2D eigenvalue weighted by Crippen LogP contribution is 2.45. The van der Waals surface area contributed by atoms with Crippen molar-refractivity contribution in [2.45, 2.75) is 19.0 Å². The van der Waals surface area contributed by atoms with E-state index in [2.05, 4.69) is 9.36 Å². The van der Waals surface area contributed by atoms with Crippen LogP contribution in [0.2, 0.25) is 10.0 Å². The van der Waals surface area contributed by atoms with Crippen molar-refractivity contribution in [2.24, 2.45) is 0 Å². The van der Waals surface area contributed by atoms with Crippen LogP contribution in [0, 0.1) is 6.92 Å². The summed E-state index contributed by atoms with van der Waals surface area (Å²) in [6.45, 7) is 2.60. The molecule has 5 rings (SSSR count). The average molecular weight is 459 g/mol. The van der Waals surface area contributed by atoms with E-state index in [0.717, 1.165) is 10.4 Å².